The van der Waals surface area contributed by atoms with Gasteiger partial charge in [-0.15, -0.1) is 0 Å². The second kappa shape index (κ2) is 10.9. The molecule has 0 radical (unpaired) electrons. The van der Waals surface area contributed by atoms with Gasteiger partial charge in [0.25, 0.3) is 5.91 Å². The van der Waals surface area contributed by atoms with Gasteiger partial charge in [-0.1, -0.05) is 44.2 Å². The number of hydrogen-bond donors (Lipinski definition) is 0. The van der Waals surface area contributed by atoms with E-state index in [0.29, 0.717) is 38.0 Å². The van der Waals surface area contributed by atoms with Crippen molar-refractivity contribution >= 4 is 21.9 Å². The first-order valence-corrected chi connectivity index (χ1v) is 12.7. The molecule has 1 heterocycles. The van der Waals surface area contributed by atoms with Crippen LogP contribution in [0.2, 0.25) is 0 Å². The van der Waals surface area contributed by atoms with Crippen molar-refractivity contribution in [1.29, 1.82) is 0 Å². The molecule has 33 heavy (non-hydrogen) atoms. The van der Waals surface area contributed by atoms with Crippen LogP contribution in [0.1, 0.15) is 43.1 Å². The second-order valence-electron chi connectivity index (χ2n) is 8.76. The van der Waals surface area contributed by atoms with Crippen LogP contribution in [0, 0.1) is 11.8 Å². The Morgan fingerprint density at radius 3 is 2.18 bits per heavy atom. The standard InChI is InChI=1S/C25H32N2O5S/c1-4-26(17-21-8-6-5-7-9-21)24(28)18-32-25(29)22-10-12-23(13-11-22)33(30,31)27-15-19(2)14-20(3)16-27/h5-13,19-20H,4,14-18H2,1-3H3. The van der Waals surface area contributed by atoms with E-state index in [4.69, 9.17) is 4.74 Å². The van der Waals surface area contributed by atoms with E-state index in [9.17, 15) is 18.0 Å². The highest BCUT2D eigenvalue weighted by Gasteiger charge is 2.31. The minimum atomic E-state index is -3.62. The summed E-state index contributed by atoms with van der Waals surface area (Å²) < 4.78 is 32.7. The highest BCUT2D eigenvalue weighted by molar-refractivity contribution is 7.89. The summed E-state index contributed by atoms with van der Waals surface area (Å²) in [6.45, 7) is 7.52. The van der Waals surface area contributed by atoms with Crippen LogP contribution in [-0.2, 0) is 26.1 Å². The van der Waals surface area contributed by atoms with Crippen LogP contribution in [-0.4, -0.2) is 55.7 Å². The van der Waals surface area contributed by atoms with Crippen LogP contribution in [0.5, 0.6) is 0 Å². The molecule has 0 N–H and O–H groups in total. The molecule has 0 bridgehead atoms. The molecule has 1 fully saturated rings. The second-order valence-corrected chi connectivity index (χ2v) is 10.7. The number of esters is 1. The topological polar surface area (TPSA) is 84.0 Å². The molecule has 1 aliphatic heterocycles. The molecule has 2 aromatic carbocycles. The zero-order valence-electron chi connectivity index (χ0n) is 19.4. The highest BCUT2D eigenvalue weighted by Crippen LogP contribution is 2.26. The van der Waals surface area contributed by atoms with Crippen LogP contribution < -0.4 is 0 Å². The minimum absolute atomic E-state index is 0.149. The van der Waals surface area contributed by atoms with Crippen molar-refractivity contribution in [3.05, 3.63) is 65.7 Å². The third-order valence-corrected chi connectivity index (χ3v) is 7.69. The van der Waals surface area contributed by atoms with Crippen LogP contribution in [0.15, 0.2) is 59.5 Å². The number of nitrogens with zero attached hydrogens (tertiary/aromatic N) is 2. The maximum absolute atomic E-state index is 13.0. The SMILES string of the molecule is CCN(Cc1ccccc1)C(=O)COC(=O)c1ccc(S(=O)(=O)N2CC(C)CC(C)C2)cc1. The number of ether oxygens (including phenoxy) is 1. The van der Waals surface area contributed by atoms with Crippen molar-refractivity contribution in [2.75, 3.05) is 26.2 Å². The molecule has 8 heteroatoms. The van der Waals surface area contributed by atoms with E-state index < -0.39 is 16.0 Å². The third kappa shape index (κ3) is 6.42. The Morgan fingerprint density at radius 1 is 1.00 bits per heavy atom. The Hall–Kier alpha value is -2.71. The first-order chi connectivity index (χ1) is 15.7. The Bertz CT molecular complexity index is 1040. The van der Waals surface area contributed by atoms with Gasteiger partial charge in [0.1, 0.15) is 0 Å². The Morgan fingerprint density at radius 2 is 1.61 bits per heavy atom. The average molecular weight is 473 g/mol. The van der Waals surface area contributed by atoms with Gasteiger partial charge < -0.3 is 9.64 Å². The van der Waals surface area contributed by atoms with Gasteiger partial charge in [-0.25, -0.2) is 13.2 Å². The molecule has 0 aromatic heterocycles. The van der Waals surface area contributed by atoms with Crippen molar-refractivity contribution < 1.29 is 22.7 Å². The largest absolute Gasteiger partial charge is 0.452 e. The summed E-state index contributed by atoms with van der Waals surface area (Å²) in [5.74, 6) is -0.342. The zero-order valence-corrected chi connectivity index (χ0v) is 20.3. The van der Waals surface area contributed by atoms with Crippen LogP contribution in [0.4, 0.5) is 0 Å². The quantitative estimate of drug-likeness (QED) is 0.549. The zero-order chi connectivity index (χ0) is 24.0. The average Bonchev–Trinajstić information content (AvgIpc) is 2.81. The molecule has 1 amide bonds. The number of sulfonamides is 1. The lowest BCUT2D eigenvalue weighted by atomic mass is 9.94. The van der Waals surface area contributed by atoms with Crippen LogP contribution >= 0.6 is 0 Å². The maximum Gasteiger partial charge on any atom is 0.338 e. The van der Waals surface area contributed by atoms with Gasteiger partial charge in [-0.3, -0.25) is 4.79 Å². The summed E-state index contributed by atoms with van der Waals surface area (Å²) in [4.78, 5) is 26.7. The summed E-state index contributed by atoms with van der Waals surface area (Å²) >= 11 is 0. The Kier molecular flexibility index (Phi) is 8.26. The van der Waals surface area contributed by atoms with E-state index >= 15 is 0 Å². The molecule has 0 saturated carbocycles. The molecular weight excluding hydrogens is 440 g/mol. The van der Waals surface area contributed by atoms with Crippen molar-refractivity contribution in [3.63, 3.8) is 0 Å². The molecule has 178 valence electrons. The number of rotatable bonds is 8. The van der Waals surface area contributed by atoms with Crippen molar-refractivity contribution in [1.82, 2.24) is 9.21 Å². The molecule has 1 saturated heterocycles. The summed E-state index contributed by atoms with van der Waals surface area (Å²) in [6, 6.07) is 15.3. The first kappa shape index (κ1) is 24.9. The monoisotopic (exact) mass is 472 g/mol. The maximum atomic E-state index is 13.0. The van der Waals surface area contributed by atoms with E-state index in [1.165, 1.54) is 28.6 Å². The lowest BCUT2D eigenvalue weighted by molar-refractivity contribution is -0.134. The molecular formula is C25H32N2O5S. The third-order valence-electron chi connectivity index (χ3n) is 5.84. The lowest BCUT2D eigenvalue weighted by Crippen LogP contribution is -2.42. The molecule has 0 aliphatic carbocycles. The van der Waals surface area contributed by atoms with E-state index in [2.05, 4.69) is 13.8 Å². The van der Waals surface area contributed by atoms with Gasteiger partial charge in [0, 0.05) is 26.2 Å². The molecule has 2 atom stereocenters. The van der Waals surface area contributed by atoms with Gasteiger partial charge in [-0.05, 0) is 55.0 Å². The van der Waals surface area contributed by atoms with Crippen molar-refractivity contribution in [3.8, 4) is 0 Å². The predicted molar refractivity (Wildman–Crippen MR) is 126 cm³/mol. The predicted octanol–water partition coefficient (Wildman–Crippen LogP) is 3.56. The van der Waals surface area contributed by atoms with E-state index in [1.807, 2.05) is 37.3 Å². The van der Waals surface area contributed by atoms with Gasteiger partial charge in [0.05, 0.1) is 10.5 Å². The van der Waals surface area contributed by atoms with E-state index in [1.54, 1.807) is 4.90 Å². The summed E-state index contributed by atoms with van der Waals surface area (Å²) in [6.07, 6.45) is 1.01. The fourth-order valence-electron chi connectivity index (χ4n) is 4.20. The summed E-state index contributed by atoms with van der Waals surface area (Å²) in [5.41, 5.74) is 1.20. The molecule has 0 spiro atoms. The molecule has 2 aromatic rings. The highest BCUT2D eigenvalue weighted by atomic mass is 32.2. The van der Waals surface area contributed by atoms with Gasteiger partial charge >= 0.3 is 5.97 Å². The van der Waals surface area contributed by atoms with Crippen LogP contribution in [0.3, 0.4) is 0 Å². The number of hydrogen-bond acceptors (Lipinski definition) is 5. The summed E-state index contributed by atoms with van der Waals surface area (Å²) in [5, 5.41) is 0. The number of carbonyl (C=O) groups is 2. The molecule has 2 unspecified atom stereocenters. The molecule has 3 rings (SSSR count). The number of piperidine rings is 1. The number of amides is 1. The van der Waals surface area contributed by atoms with Gasteiger partial charge in [0.2, 0.25) is 10.0 Å². The first-order valence-electron chi connectivity index (χ1n) is 11.3. The minimum Gasteiger partial charge on any atom is -0.452 e. The van der Waals surface area contributed by atoms with Crippen molar-refractivity contribution in [2.24, 2.45) is 11.8 Å². The van der Waals surface area contributed by atoms with E-state index in [0.717, 1.165) is 12.0 Å². The molecule has 7 nitrogen and oxygen atoms in total. The Balaban J connectivity index is 1.59. The summed E-state index contributed by atoms with van der Waals surface area (Å²) in [7, 11) is -3.62. The Labute approximate surface area is 196 Å². The van der Waals surface area contributed by atoms with E-state index in [-0.39, 0.29) is 23.0 Å². The van der Waals surface area contributed by atoms with Crippen molar-refractivity contribution in [2.45, 2.75) is 38.6 Å². The number of likely N-dealkylation sites (N-methyl/N-ethyl adjacent to an activating group) is 1. The fourth-order valence-corrected chi connectivity index (χ4v) is 5.88. The van der Waals surface area contributed by atoms with Gasteiger partial charge in [-0.2, -0.15) is 4.31 Å². The number of benzene rings is 2. The molecule has 1 aliphatic rings. The normalized spacial score (nSPS) is 19.1. The smallest absolute Gasteiger partial charge is 0.338 e. The number of carbonyl (C=O) groups excluding carboxylic acids is 2. The van der Waals surface area contributed by atoms with Crippen LogP contribution in [0.25, 0.3) is 0 Å². The lowest BCUT2D eigenvalue weighted by Gasteiger charge is -2.34. The fraction of sp³-hybridized carbons (Fsp3) is 0.440. The van der Waals surface area contributed by atoms with Gasteiger partial charge in [0.15, 0.2) is 6.61 Å².